The van der Waals surface area contributed by atoms with E-state index in [4.69, 9.17) is 0 Å². The van der Waals surface area contributed by atoms with Crippen molar-refractivity contribution in [2.45, 2.75) is 25.9 Å². The average molecular weight is 208 g/mol. The number of nitrogens with one attached hydrogen (secondary N) is 3. The number of amides is 1. The molecule has 0 spiro atoms. The third-order valence-corrected chi connectivity index (χ3v) is 2.82. The number of aromatic amines is 1. The van der Waals surface area contributed by atoms with Gasteiger partial charge in [0.25, 0.3) is 0 Å². The number of imidazole rings is 1. The molecule has 0 aliphatic carbocycles. The Morgan fingerprint density at radius 1 is 1.73 bits per heavy atom. The van der Waals surface area contributed by atoms with Gasteiger partial charge < -0.3 is 15.6 Å². The molecule has 1 saturated heterocycles. The molecule has 1 aliphatic rings. The van der Waals surface area contributed by atoms with Gasteiger partial charge in [-0.05, 0) is 18.9 Å². The summed E-state index contributed by atoms with van der Waals surface area (Å²) in [6.07, 6.45) is 4.39. The summed E-state index contributed by atoms with van der Waals surface area (Å²) in [5.74, 6) is 0.501. The van der Waals surface area contributed by atoms with Crippen molar-refractivity contribution in [3.05, 3.63) is 18.2 Å². The Kier molecular flexibility index (Phi) is 3.01. The maximum absolute atomic E-state index is 11.7. The van der Waals surface area contributed by atoms with Gasteiger partial charge in [0.2, 0.25) is 5.91 Å². The van der Waals surface area contributed by atoms with Gasteiger partial charge in [0, 0.05) is 6.20 Å². The second-order valence-corrected chi connectivity index (χ2v) is 3.99. The van der Waals surface area contributed by atoms with Crippen LogP contribution in [0.4, 0.5) is 0 Å². The van der Waals surface area contributed by atoms with Crippen LogP contribution in [0.1, 0.15) is 19.0 Å². The highest BCUT2D eigenvalue weighted by molar-refractivity contribution is 5.82. The van der Waals surface area contributed by atoms with Crippen molar-refractivity contribution in [2.75, 3.05) is 6.54 Å². The van der Waals surface area contributed by atoms with Gasteiger partial charge in [-0.2, -0.15) is 0 Å². The van der Waals surface area contributed by atoms with Crippen LogP contribution in [0.3, 0.4) is 0 Å². The number of aromatic nitrogens is 2. The van der Waals surface area contributed by atoms with Gasteiger partial charge in [-0.25, -0.2) is 4.98 Å². The summed E-state index contributed by atoms with van der Waals surface area (Å²) in [5, 5.41) is 6.08. The lowest BCUT2D eigenvalue weighted by atomic mass is 10.0. The summed E-state index contributed by atoms with van der Waals surface area (Å²) in [7, 11) is 0. The van der Waals surface area contributed by atoms with E-state index < -0.39 is 0 Å². The van der Waals surface area contributed by atoms with E-state index in [1.807, 2.05) is 0 Å². The zero-order valence-electron chi connectivity index (χ0n) is 8.79. The van der Waals surface area contributed by atoms with Crippen molar-refractivity contribution in [1.29, 1.82) is 0 Å². The summed E-state index contributed by atoms with van der Waals surface area (Å²) in [4.78, 5) is 18.6. The molecule has 15 heavy (non-hydrogen) atoms. The zero-order valence-corrected chi connectivity index (χ0v) is 8.79. The molecule has 2 atom stereocenters. The molecule has 2 rings (SSSR count). The second kappa shape index (κ2) is 4.44. The van der Waals surface area contributed by atoms with Crippen molar-refractivity contribution in [3.8, 4) is 0 Å². The van der Waals surface area contributed by atoms with Crippen molar-refractivity contribution in [1.82, 2.24) is 20.6 Å². The van der Waals surface area contributed by atoms with Crippen LogP contribution in [0.2, 0.25) is 0 Å². The molecule has 5 nitrogen and oxygen atoms in total. The summed E-state index contributed by atoms with van der Waals surface area (Å²) in [5.41, 5.74) is 0.925. The molecule has 2 unspecified atom stereocenters. The Morgan fingerprint density at radius 2 is 2.60 bits per heavy atom. The van der Waals surface area contributed by atoms with E-state index in [1.165, 1.54) is 0 Å². The first-order chi connectivity index (χ1) is 7.27. The van der Waals surface area contributed by atoms with Crippen LogP contribution in [0.15, 0.2) is 12.5 Å². The minimum Gasteiger partial charge on any atom is -0.349 e. The minimum atomic E-state index is -0.0343. The van der Waals surface area contributed by atoms with Gasteiger partial charge in [0.1, 0.15) is 0 Å². The molecule has 82 valence electrons. The van der Waals surface area contributed by atoms with Gasteiger partial charge in [-0.15, -0.1) is 0 Å². The number of hydrogen-bond acceptors (Lipinski definition) is 3. The number of nitrogens with zero attached hydrogens (tertiary/aromatic N) is 1. The van der Waals surface area contributed by atoms with Gasteiger partial charge in [0.05, 0.1) is 24.6 Å². The fraction of sp³-hybridized carbons (Fsp3) is 0.600. The largest absolute Gasteiger partial charge is 0.349 e. The van der Waals surface area contributed by atoms with E-state index in [-0.39, 0.29) is 11.9 Å². The third-order valence-electron chi connectivity index (χ3n) is 2.82. The molecule has 5 heteroatoms. The first-order valence-corrected chi connectivity index (χ1v) is 5.25. The second-order valence-electron chi connectivity index (χ2n) is 3.99. The standard InChI is InChI=1S/C10H16N4O/c1-7-2-3-12-9(7)10(15)13-5-8-4-11-6-14-8/h4,6-7,9,12H,2-3,5H2,1H3,(H,11,14)(H,13,15). The fourth-order valence-corrected chi connectivity index (χ4v) is 1.86. The number of rotatable bonds is 3. The van der Waals surface area contributed by atoms with Gasteiger partial charge in [-0.3, -0.25) is 4.79 Å². The highest BCUT2D eigenvalue weighted by Gasteiger charge is 2.28. The van der Waals surface area contributed by atoms with E-state index in [0.717, 1.165) is 18.7 Å². The van der Waals surface area contributed by atoms with Crippen LogP contribution >= 0.6 is 0 Å². The van der Waals surface area contributed by atoms with Gasteiger partial charge >= 0.3 is 0 Å². The lowest BCUT2D eigenvalue weighted by Gasteiger charge is -2.14. The lowest BCUT2D eigenvalue weighted by molar-refractivity contribution is -0.123. The van der Waals surface area contributed by atoms with E-state index in [2.05, 4.69) is 27.5 Å². The van der Waals surface area contributed by atoms with Crippen LogP contribution < -0.4 is 10.6 Å². The Bertz CT molecular complexity index is 322. The van der Waals surface area contributed by atoms with Crippen LogP contribution in [-0.4, -0.2) is 28.5 Å². The van der Waals surface area contributed by atoms with E-state index in [9.17, 15) is 4.79 Å². The summed E-state index contributed by atoms with van der Waals surface area (Å²) in [6.45, 7) is 3.55. The number of carbonyl (C=O) groups excluding carboxylic acids is 1. The van der Waals surface area contributed by atoms with Gasteiger partial charge in [-0.1, -0.05) is 6.92 Å². The van der Waals surface area contributed by atoms with Crippen LogP contribution in [-0.2, 0) is 11.3 Å². The molecule has 1 amide bonds. The summed E-state index contributed by atoms with van der Waals surface area (Å²) in [6, 6.07) is -0.0343. The highest BCUT2D eigenvalue weighted by Crippen LogP contribution is 2.14. The minimum absolute atomic E-state index is 0.0343. The van der Waals surface area contributed by atoms with Crippen LogP contribution in [0.5, 0.6) is 0 Å². The Hall–Kier alpha value is -1.36. The Balaban J connectivity index is 1.82. The molecule has 1 fully saturated rings. The Labute approximate surface area is 88.7 Å². The maximum Gasteiger partial charge on any atom is 0.237 e. The highest BCUT2D eigenvalue weighted by atomic mass is 16.2. The predicted octanol–water partition coefficient (Wildman–Crippen LogP) is 0.0239. The molecule has 1 aliphatic heterocycles. The van der Waals surface area contributed by atoms with Crippen molar-refractivity contribution >= 4 is 5.91 Å². The molecular weight excluding hydrogens is 192 g/mol. The van der Waals surface area contributed by atoms with Crippen LogP contribution in [0, 0.1) is 5.92 Å². The molecule has 1 aromatic rings. The summed E-state index contributed by atoms with van der Waals surface area (Å²) >= 11 is 0. The molecular formula is C10H16N4O. The third kappa shape index (κ3) is 2.36. The Morgan fingerprint density at radius 3 is 3.20 bits per heavy atom. The van der Waals surface area contributed by atoms with E-state index in [0.29, 0.717) is 12.5 Å². The van der Waals surface area contributed by atoms with E-state index in [1.54, 1.807) is 12.5 Å². The van der Waals surface area contributed by atoms with E-state index >= 15 is 0 Å². The SMILES string of the molecule is CC1CCNC1C(=O)NCc1cnc[nH]1. The molecule has 0 aromatic carbocycles. The molecule has 0 saturated carbocycles. The number of hydrogen-bond donors (Lipinski definition) is 3. The molecule has 2 heterocycles. The molecule has 1 aromatic heterocycles. The van der Waals surface area contributed by atoms with Gasteiger partial charge in [0.15, 0.2) is 0 Å². The van der Waals surface area contributed by atoms with Crippen molar-refractivity contribution in [3.63, 3.8) is 0 Å². The number of carbonyl (C=O) groups is 1. The molecule has 3 N–H and O–H groups in total. The normalized spacial score (nSPS) is 25.4. The first-order valence-electron chi connectivity index (χ1n) is 5.25. The summed E-state index contributed by atoms with van der Waals surface area (Å²) < 4.78 is 0. The van der Waals surface area contributed by atoms with Crippen molar-refractivity contribution < 1.29 is 4.79 Å². The topological polar surface area (TPSA) is 69.8 Å². The maximum atomic E-state index is 11.7. The lowest BCUT2D eigenvalue weighted by Crippen LogP contribution is -2.42. The molecule has 0 radical (unpaired) electrons. The first kappa shape index (κ1) is 10.2. The zero-order chi connectivity index (χ0) is 10.7. The van der Waals surface area contributed by atoms with Crippen LogP contribution in [0.25, 0.3) is 0 Å². The average Bonchev–Trinajstić information content (AvgIpc) is 2.84. The molecule has 0 bridgehead atoms. The predicted molar refractivity (Wildman–Crippen MR) is 56.0 cm³/mol. The fourth-order valence-electron chi connectivity index (χ4n) is 1.86. The number of H-pyrrole nitrogens is 1. The quantitative estimate of drug-likeness (QED) is 0.656. The smallest absolute Gasteiger partial charge is 0.237 e. The van der Waals surface area contributed by atoms with Crippen molar-refractivity contribution in [2.24, 2.45) is 5.92 Å². The monoisotopic (exact) mass is 208 g/mol.